The molecule has 9 aromatic carbocycles. The van der Waals surface area contributed by atoms with E-state index in [2.05, 4.69) is 225 Å². The maximum absolute atomic E-state index is 2.60. The third-order valence-electron chi connectivity index (χ3n) is 14.9. The molecule has 2 aliphatic heterocycles. The van der Waals surface area contributed by atoms with E-state index in [0.717, 1.165) is 11.4 Å². The lowest BCUT2D eigenvalue weighted by atomic mass is 9.33. The molecule has 4 nitrogen and oxygen atoms in total. The van der Waals surface area contributed by atoms with Crippen LogP contribution in [0.15, 0.2) is 206 Å². The van der Waals surface area contributed by atoms with Gasteiger partial charge < -0.3 is 18.9 Å². The number of benzene rings is 9. The van der Waals surface area contributed by atoms with Crippen molar-refractivity contribution in [1.82, 2.24) is 9.13 Å². The summed E-state index contributed by atoms with van der Waals surface area (Å²) in [6.07, 6.45) is 6.36. The predicted octanol–water partition coefficient (Wildman–Crippen LogP) is 14.0. The third kappa shape index (κ3) is 5.45. The zero-order valence-corrected chi connectivity index (χ0v) is 36.1. The lowest BCUT2D eigenvalue weighted by Crippen LogP contribution is -2.61. The van der Waals surface area contributed by atoms with Crippen molar-refractivity contribution in [2.24, 2.45) is 0 Å². The highest BCUT2D eigenvalue weighted by Crippen LogP contribution is 2.47. The normalized spacial score (nSPS) is 14.6. The molecule has 65 heavy (non-hydrogen) atoms. The average molecular weight is 833 g/mol. The first-order valence-electron chi connectivity index (χ1n) is 23.4. The summed E-state index contributed by atoms with van der Waals surface area (Å²) in [5, 5.41) is 5.10. The Morgan fingerprint density at radius 3 is 1.37 bits per heavy atom. The largest absolute Gasteiger partial charge is 0.311 e. The van der Waals surface area contributed by atoms with Crippen LogP contribution in [0, 0.1) is 0 Å². The molecule has 1 saturated carbocycles. The molecule has 1 aliphatic carbocycles. The molecule has 0 N–H and O–H groups in total. The molecule has 3 aliphatic rings. The zero-order chi connectivity index (χ0) is 42.6. The summed E-state index contributed by atoms with van der Waals surface area (Å²) in [6, 6.07) is 77.4. The van der Waals surface area contributed by atoms with Crippen LogP contribution in [0.5, 0.6) is 0 Å². The molecule has 0 unspecified atom stereocenters. The first-order valence-corrected chi connectivity index (χ1v) is 23.4. The zero-order valence-electron chi connectivity index (χ0n) is 36.1. The van der Waals surface area contributed by atoms with Crippen molar-refractivity contribution in [3.8, 4) is 11.4 Å². The summed E-state index contributed by atoms with van der Waals surface area (Å²) >= 11 is 0. The van der Waals surface area contributed by atoms with E-state index in [4.69, 9.17) is 0 Å². The number of rotatable bonds is 5. The molecule has 11 aromatic rings. The number of hydrogen-bond acceptors (Lipinski definition) is 2. The van der Waals surface area contributed by atoms with Crippen molar-refractivity contribution in [2.75, 3.05) is 9.80 Å². The molecule has 1 fully saturated rings. The summed E-state index contributed by atoms with van der Waals surface area (Å²) in [7, 11) is 0. The summed E-state index contributed by atoms with van der Waals surface area (Å²) in [4.78, 5) is 5.15. The molecular formula is C60H45BN4. The molecule has 308 valence electrons. The molecule has 0 radical (unpaired) electrons. The van der Waals surface area contributed by atoms with Gasteiger partial charge in [0.25, 0.3) is 6.71 Å². The summed E-state index contributed by atoms with van der Waals surface area (Å²) in [5.41, 5.74) is 20.1. The van der Waals surface area contributed by atoms with Gasteiger partial charge in [-0.2, -0.15) is 0 Å². The first-order chi connectivity index (χ1) is 32.3. The van der Waals surface area contributed by atoms with Gasteiger partial charge in [0.15, 0.2) is 0 Å². The topological polar surface area (TPSA) is 16.3 Å². The highest BCUT2D eigenvalue weighted by Gasteiger charge is 2.44. The van der Waals surface area contributed by atoms with Crippen molar-refractivity contribution < 1.29 is 0 Å². The number of anilines is 6. The highest BCUT2D eigenvalue weighted by molar-refractivity contribution is 7.00. The SMILES string of the molecule is c1ccc(N2c3ccccc3B3c4cc(-n5c6ccccc6c6ccccc65)ccc4N(c4ccc(-n5c6ccccc6c6ccccc65)cc4)c4cc(C5CCCCC5)cc2c43)cc1. The van der Waals surface area contributed by atoms with E-state index in [1.807, 2.05) is 0 Å². The van der Waals surface area contributed by atoms with Crippen LogP contribution in [0.1, 0.15) is 43.6 Å². The summed E-state index contributed by atoms with van der Waals surface area (Å²) in [5.74, 6) is 0.525. The van der Waals surface area contributed by atoms with Crippen LogP contribution in [0.2, 0.25) is 0 Å². The Morgan fingerprint density at radius 1 is 0.338 bits per heavy atom. The molecule has 0 saturated heterocycles. The van der Waals surface area contributed by atoms with E-state index in [1.54, 1.807) is 0 Å². The molecule has 2 aromatic heterocycles. The fourth-order valence-electron chi connectivity index (χ4n) is 12.1. The number of nitrogens with zero attached hydrogens (tertiary/aromatic N) is 4. The molecule has 0 amide bonds. The Morgan fingerprint density at radius 2 is 0.785 bits per heavy atom. The van der Waals surface area contributed by atoms with E-state index in [-0.39, 0.29) is 6.71 Å². The smallest absolute Gasteiger partial charge is 0.252 e. The van der Waals surface area contributed by atoms with Crippen LogP contribution in [0.3, 0.4) is 0 Å². The number of hydrogen-bond donors (Lipinski definition) is 0. The molecule has 4 heterocycles. The van der Waals surface area contributed by atoms with E-state index in [1.165, 1.54) is 132 Å². The minimum Gasteiger partial charge on any atom is -0.311 e. The van der Waals surface area contributed by atoms with Gasteiger partial charge in [-0.3, -0.25) is 0 Å². The summed E-state index contributed by atoms with van der Waals surface area (Å²) in [6.45, 7) is 0.0211. The lowest BCUT2D eigenvalue weighted by Gasteiger charge is -2.45. The van der Waals surface area contributed by atoms with Crippen molar-refractivity contribution >= 4 is 101 Å². The Labute approximate surface area is 379 Å². The van der Waals surface area contributed by atoms with Gasteiger partial charge in [0.05, 0.1) is 22.1 Å². The van der Waals surface area contributed by atoms with Gasteiger partial charge in [-0.15, -0.1) is 0 Å². The van der Waals surface area contributed by atoms with Gasteiger partial charge in [0, 0.05) is 67.0 Å². The third-order valence-corrected chi connectivity index (χ3v) is 14.9. The van der Waals surface area contributed by atoms with Gasteiger partial charge in [-0.1, -0.05) is 128 Å². The minimum atomic E-state index is 0.0211. The van der Waals surface area contributed by atoms with Gasteiger partial charge in [-0.05, 0) is 138 Å². The quantitative estimate of drug-likeness (QED) is 0.161. The van der Waals surface area contributed by atoms with Crippen LogP contribution in [-0.2, 0) is 0 Å². The number of aromatic nitrogens is 2. The average Bonchev–Trinajstić information content (AvgIpc) is 3.90. The Hall–Kier alpha value is -7.76. The minimum absolute atomic E-state index is 0.0211. The van der Waals surface area contributed by atoms with Crippen molar-refractivity contribution in [3.63, 3.8) is 0 Å². The maximum atomic E-state index is 2.60. The van der Waals surface area contributed by atoms with Gasteiger partial charge >= 0.3 is 0 Å². The number of fused-ring (bicyclic) bond motifs is 10. The summed E-state index contributed by atoms with van der Waals surface area (Å²) < 4.78 is 4.90. The van der Waals surface area contributed by atoms with E-state index < -0.39 is 0 Å². The monoisotopic (exact) mass is 832 g/mol. The van der Waals surface area contributed by atoms with Crippen LogP contribution >= 0.6 is 0 Å². The van der Waals surface area contributed by atoms with Crippen LogP contribution in [0.25, 0.3) is 55.0 Å². The van der Waals surface area contributed by atoms with E-state index in [9.17, 15) is 0 Å². The van der Waals surface area contributed by atoms with E-state index in [0.29, 0.717) is 5.92 Å². The number of para-hydroxylation sites is 6. The maximum Gasteiger partial charge on any atom is 0.252 e. The van der Waals surface area contributed by atoms with Crippen LogP contribution in [0.4, 0.5) is 34.1 Å². The fourth-order valence-corrected chi connectivity index (χ4v) is 12.1. The van der Waals surface area contributed by atoms with Gasteiger partial charge in [0.1, 0.15) is 0 Å². The van der Waals surface area contributed by atoms with Gasteiger partial charge in [-0.25, -0.2) is 0 Å². The fraction of sp³-hybridized carbons (Fsp3) is 0.100. The molecule has 14 rings (SSSR count). The van der Waals surface area contributed by atoms with Gasteiger partial charge in [0.2, 0.25) is 0 Å². The molecule has 0 spiro atoms. The Kier molecular flexibility index (Phi) is 8.12. The molecular weight excluding hydrogens is 787 g/mol. The highest BCUT2D eigenvalue weighted by atomic mass is 15.2. The Bertz CT molecular complexity index is 3560. The second kappa shape index (κ2) is 14.4. The second-order valence-electron chi connectivity index (χ2n) is 18.3. The Balaban J connectivity index is 1.04. The molecule has 5 heteroatoms. The van der Waals surface area contributed by atoms with Crippen molar-refractivity contribution in [3.05, 3.63) is 212 Å². The van der Waals surface area contributed by atoms with Crippen molar-refractivity contribution in [2.45, 2.75) is 38.0 Å². The predicted molar refractivity (Wildman–Crippen MR) is 275 cm³/mol. The standard InChI is InChI=1S/C60H45BN4/c1-3-17-40(18-4-1)41-37-58-60-59(38-41)64(44-33-31-43(32-34-44)62-52-26-12-7-21-46(52)47-22-8-13-27-53(47)62)57-36-35-45(65-54-28-14-9-23-48(54)49-24-10-15-29-55(49)65)39-51(57)61(60)50-25-11-16-30-56(50)63(58)42-19-5-2-6-20-42/h2,5-16,19-40H,1,3-4,17-18H2. The van der Waals surface area contributed by atoms with Crippen molar-refractivity contribution in [1.29, 1.82) is 0 Å². The molecule has 0 bridgehead atoms. The first kappa shape index (κ1) is 36.7. The van der Waals surface area contributed by atoms with Crippen LogP contribution < -0.4 is 26.2 Å². The molecule has 0 atom stereocenters. The second-order valence-corrected chi connectivity index (χ2v) is 18.3. The van der Waals surface area contributed by atoms with Crippen LogP contribution in [-0.4, -0.2) is 15.8 Å². The lowest BCUT2D eigenvalue weighted by molar-refractivity contribution is 0.444. The van der Waals surface area contributed by atoms with E-state index >= 15 is 0 Å².